The van der Waals surface area contributed by atoms with Crippen molar-refractivity contribution in [1.82, 2.24) is 0 Å². The van der Waals surface area contributed by atoms with Crippen LogP contribution >= 0.6 is 50.5 Å². The third-order valence-corrected chi connectivity index (χ3v) is 10.9. The maximum absolute atomic E-state index is 4.90. The van der Waals surface area contributed by atoms with Crippen molar-refractivity contribution in [3.8, 4) is 0 Å². The van der Waals surface area contributed by atoms with E-state index in [9.17, 15) is 0 Å². The van der Waals surface area contributed by atoms with Crippen LogP contribution in [0.3, 0.4) is 0 Å². The zero-order valence-electron chi connectivity index (χ0n) is 27.0. The summed E-state index contributed by atoms with van der Waals surface area (Å²) in [5, 5.41) is 0.971. The summed E-state index contributed by atoms with van der Waals surface area (Å²) in [5.74, 6) is 2.12. The molecule has 2 atom stereocenters. The van der Waals surface area contributed by atoms with Crippen LogP contribution in [0, 0.1) is 0 Å². The van der Waals surface area contributed by atoms with Crippen LogP contribution in [-0.2, 0) is 0 Å². The third-order valence-electron chi connectivity index (χ3n) is 8.76. The fraction of sp³-hybridized carbons (Fsp3) is 1.00. The summed E-state index contributed by atoms with van der Waals surface area (Å²) < 4.78 is 0. The number of unbranched alkanes of at least 4 members (excludes halogenated alkanes) is 28. The topological polar surface area (TPSA) is 0 Å². The van der Waals surface area contributed by atoms with E-state index < -0.39 is 0 Å². The van der Waals surface area contributed by atoms with Crippen LogP contribution < -0.4 is 0 Å². The molecule has 0 spiro atoms. The van der Waals surface area contributed by atoms with Crippen LogP contribution in [0.4, 0.5) is 0 Å². The van der Waals surface area contributed by atoms with Gasteiger partial charge in [0.25, 0.3) is 0 Å². The minimum absolute atomic E-state index is 0.486. The van der Waals surface area contributed by atoms with Crippen molar-refractivity contribution >= 4 is 50.5 Å². The van der Waals surface area contributed by atoms with Crippen LogP contribution in [0.2, 0.25) is 0 Å². The quantitative estimate of drug-likeness (QED) is 0.0387. The van der Waals surface area contributed by atoms with Gasteiger partial charge in [0.2, 0.25) is 0 Å². The zero-order chi connectivity index (χ0) is 29.2. The Labute approximate surface area is 276 Å². The summed E-state index contributed by atoms with van der Waals surface area (Å²) in [6, 6.07) is 0. The lowest BCUT2D eigenvalue weighted by molar-refractivity contribution is 0.518. The van der Waals surface area contributed by atoms with E-state index in [-0.39, 0.29) is 0 Å². The molecule has 0 aliphatic rings. The second-order valence-electron chi connectivity index (χ2n) is 12.8. The van der Waals surface area contributed by atoms with E-state index in [2.05, 4.69) is 25.3 Å². The summed E-state index contributed by atoms with van der Waals surface area (Å²) in [6.07, 6.45) is 45.1. The van der Waals surface area contributed by atoms with Crippen LogP contribution in [0.25, 0.3) is 0 Å². The van der Waals surface area contributed by atoms with Gasteiger partial charge in [0, 0.05) is 10.5 Å². The molecule has 0 N–H and O–H groups in total. The van der Waals surface area contributed by atoms with Crippen molar-refractivity contribution in [2.24, 2.45) is 0 Å². The van der Waals surface area contributed by atoms with Gasteiger partial charge < -0.3 is 0 Å². The van der Waals surface area contributed by atoms with Gasteiger partial charge in [0.1, 0.15) is 0 Å². The fourth-order valence-corrected chi connectivity index (χ4v) is 7.02. The highest BCUT2D eigenvalue weighted by Crippen LogP contribution is 2.23. The van der Waals surface area contributed by atoms with Gasteiger partial charge in [-0.15, -0.1) is 0 Å². The molecule has 0 aromatic rings. The number of hydrogen-bond donors (Lipinski definition) is 4. The second-order valence-corrected chi connectivity index (χ2v) is 15.0. The average molecular weight is 635 g/mol. The maximum Gasteiger partial charge on any atom is 0.0133 e. The smallest absolute Gasteiger partial charge is 0.0133 e. The van der Waals surface area contributed by atoms with Crippen LogP contribution in [0.1, 0.15) is 205 Å². The molecule has 0 aromatic heterocycles. The first-order valence-corrected chi connectivity index (χ1v) is 20.6. The van der Waals surface area contributed by atoms with E-state index in [0.717, 1.165) is 11.5 Å². The Kier molecular flexibility index (Phi) is 37.9. The van der Waals surface area contributed by atoms with Gasteiger partial charge >= 0.3 is 0 Å². The molecular weight excluding hydrogens is 561 g/mol. The number of rotatable bonds is 35. The normalized spacial score (nSPS) is 13.2. The van der Waals surface area contributed by atoms with Crippen LogP contribution in [0.15, 0.2) is 0 Å². The Hall–Kier alpha value is 1.40. The SMILES string of the molecule is SCCCCCCCCCCCCCCCCC[C@@H](S)[C@@H](S)CCCCCCCCCCCCCCCCCS. The Morgan fingerprint density at radius 3 is 0.550 bits per heavy atom. The Morgan fingerprint density at radius 1 is 0.225 bits per heavy atom. The van der Waals surface area contributed by atoms with Gasteiger partial charge in [-0.1, -0.05) is 180 Å². The minimum atomic E-state index is 0.486. The average Bonchev–Trinajstić information content (AvgIpc) is 2.96. The van der Waals surface area contributed by atoms with E-state index in [1.165, 1.54) is 205 Å². The first kappa shape index (κ1) is 41.4. The Bertz CT molecular complexity index is 405. The largest absolute Gasteiger partial charge is 0.179 e. The molecule has 0 amide bonds. The first-order chi connectivity index (χ1) is 19.7. The molecule has 0 saturated carbocycles. The van der Waals surface area contributed by atoms with Crippen molar-refractivity contribution in [2.45, 2.75) is 216 Å². The van der Waals surface area contributed by atoms with E-state index in [4.69, 9.17) is 25.3 Å². The van der Waals surface area contributed by atoms with Gasteiger partial charge in [0.05, 0.1) is 0 Å². The van der Waals surface area contributed by atoms with Gasteiger partial charge in [-0.2, -0.15) is 50.5 Å². The molecule has 0 bridgehead atoms. The summed E-state index contributed by atoms with van der Waals surface area (Å²) in [4.78, 5) is 0. The Morgan fingerprint density at radius 2 is 0.375 bits per heavy atom. The predicted octanol–water partition coefficient (Wildman–Crippen LogP) is 13.9. The summed E-state index contributed by atoms with van der Waals surface area (Å²) >= 11 is 18.4. The summed E-state index contributed by atoms with van der Waals surface area (Å²) in [7, 11) is 0. The lowest BCUT2D eigenvalue weighted by atomic mass is 10.0. The highest BCUT2D eigenvalue weighted by atomic mass is 32.1. The lowest BCUT2D eigenvalue weighted by Gasteiger charge is -2.18. The first-order valence-electron chi connectivity index (χ1n) is 18.3. The third kappa shape index (κ3) is 33.9. The van der Waals surface area contributed by atoms with E-state index in [0.29, 0.717) is 10.5 Å². The molecule has 40 heavy (non-hydrogen) atoms. The van der Waals surface area contributed by atoms with Crippen molar-refractivity contribution in [2.75, 3.05) is 11.5 Å². The van der Waals surface area contributed by atoms with Gasteiger partial charge in [-0.05, 0) is 37.2 Å². The Balaban J connectivity index is 3.26. The zero-order valence-corrected chi connectivity index (χ0v) is 30.6. The maximum atomic E-state index is 4.90. The predicted molar refractivity (Wildman–Crippen MR) is 201 cm³/mol. The fourth-order valence-electron chi connectivity index (χ4n) is 5.91. The minimum Gasteiger partial charge on any atom is -0.179 e. The second kappa shape index (κ2) is 36.6. The molecule has 0 aromatic carbocycles. The summed E-state index contributed by atoms with van der Waals surface area (Å²) in [5.41, 5.74) is 0. The van der Waals surface area contributed by atoms with Crippen LogP contribution in [-0.4, -0.2) is 22.0 Å². The van der Waals surface area contributed by atoms with Crippen molar-refractivity contribution in [3.63, 3.8) is 0 Å². The van der Waals surface area contributed by atoms with E-state index in [1.807, 2.05) is 0 Å². The highest BCUT2D eigenvalue weighted by Gasteiger charge is 2.13. The van der Waals surface area contributed by atoms with Gasteiger partial charge in [0.15, 0.2) is 0 Å². The molecule has 4 heteroatoms. The molecule has 0 radical (unpaired) electrons. The number of hydrogen-bond acceptors (Lipinski definition) is 4. The highest BCUT2D eigenvalue weighted by molar-refractivity contribution is 7.85. The van der Waals surface area contributed by atoms with E-state index in [1.54, 1.807) is 0 Å². The molecule has 0 fully saturated rings. The molecule has 0 unspecified atom stereocenters. The molecule has 0 aliphatic heterocycles. The van der Waals surface area contributed by atoms with Crippen molar-refractivity contribution < 1.29 is 0 Å². The standard InChI is InChI=1S/C36H74S4/c37-33-29-25-21-17-13-9-5-1-3-7-11-15-19-23-27-31-35(39)36(40)32-28-24-20-16-12-8-4-2-6-10-14-18-22-26-30-34-38/h35-40H,1-34H2/t35-,36+. The van der Waals surface area contributed by atoms with Crippen molar-refractivity contribution in [3.05, 3.63) is 0 Å². The molecule has 0 rings (SSSR count). The van der Waals surface area contributed by atoms with Crippen molar-refractivity contribution in [1.29, 1.82) is 0 Å². The number of thiol groups is 4. The molecule has 0 aliphatic carbocycles. The molecule has 0 nitrogen and oxygen atoms in total. The van der Waals surface area contributed by atoms with E-state index >= 15 is 0 Å². The summed E-state index contributed by atoms with van der Waals surface area (Å²) in [6.45, 7) is 0. The molecule has 0 heterocycles. The van der Waals surface area contributed by atoms with Crippen LogP contribution in [0.5, 0.6) is 0 Å². The van der Waals surface area contributed by atoms with Gasteiger partial charge in [-0.25, -0.2) is 0 Å². The molecule has 0 saturated heterocycles. The lowest BCUT2D eigenvalue weighted by Crippen LogP contribution is -2.15. The molecule has 242 valence electrons. The monoisotopic (exact) mass is 634 g/mol. The van der Waals surface area contributed by atoms with Gasteiger partial charge in [-0.3, -0.25) is 0 Å². The molecular formula is C36H74S4.